The summed E-state index contributed by atoms with van der Waals surface area (Å²) in [5, 5.41) is 1.18. The van der Waals surface area contributed by atoms with Gasteiger partial charge in [-0.1, -0.05) is 0 Å². The van der Waals surface area contributed by atoms with Crippen molar-refractivity contribution < 1.29 is 4.79 Å². The van der Waals surface area contributed by atoms with Crippen LogP contribution in [-0.4, -0.2) is 16.6 Å². The van der Waals surface area contributed by atoms with Gasteiger partial charge in [0.25, 0.3) is 0 Å². The van der Waals surface area contributed by atoms with E-state index in [1.807, 2.05) is 27.2 Å². The predicted molar refractivity (Wildman–Crippen MR) is 56.7 cm³/mol. The molecule has 3 heteroatoms. The summed E-state index contributed by atoms with van der Waals surface area (Å²) in [6, 6.07) is 0. The predicted octanol–water partition coefficient (Wildman–Crippen LogP) is 2.57. The lowest BCUT2D eigenvalue weighted by Crippen LogP contribution is -1.97. The number of nitrogens with zero attached hydrogens (tertiary/aromatic N) is 1. The van der Waals surface area contributed by atoms with Crippen molar-refractivity contribution in [2.75, 3.05) is 6.26 Å². The number of ketones is 1. The second-order valence-corrected chi connectivity index (χ2v) is 4.00. The SMILES string of the molecule is CSc1c(C)c(C(C)=O)c(C)n1C. The quantitative estimate of drug-likeness (QED) is 0.537. The summed E-state index contributed by atoms with van der Waals surface area (Å²) >= 11 is 1.69. The van der Waals surface area contributed by atoms with Crippen molar-refractivity contribution in [1.29, 1.82) is 0 Å². The number of carbonyl (C=O) groups is 1. The van der Waals surface area contributed by atoms with Gasteiger partial charge in [0.2, 0.25) is 0 Å². The Bertz CT molecular complexity index is 352. The van der Waals surface area contributed by atoms with E-state index < -0.39 is 0 Å². The van der Waals surface area contributed by atoms with E-state index in [1.54, 1.807) is 18.7 Å². The maximum Gasteiger partial charge on any atom is 0.161 e. The minimum atomic E-state index is 0.158. The molecule has 1 aromatic rings. The first-order valence-electron chi connectivity index (χ1n) is 4.21. The van der Waals surface area contributed by atoms with Crippen LogP contribution in [0.25, 0.3) is 0 Å². The number of thioether (sulfide) groups is 1. The fraction of sp³-hybridized carbons (Fsp3) is 0.500. The molecule has 0 bridgehead atoms. The maximum atomic E-state index is 11.3. The van der Waals surface area contributed by atoms with Crippen LogP contribution in [0, 0.1) is 13.8 Å². The summed E-state index contributed by atoms with van der Waals surface area (Å²) in [6.45, 7) is 5.62. The van der Waals surface area contributed by atoms with Gasteiger partial charge >= 0.3 is 0 Å². The molecule has 0 saturated carbocycles. The fourth-order valence-corrected chi connectivity index (χ4v) is 2.58. The third kappa shape index (κ3) is 1.53. The van der Waals surface area contributed by atoms with Gasteiger partial charge < -0.3 is 4.57 Å². The Labute approximate surface area is 83.3 Å². The fourth-order valence-electron chi connectivity index (χ4n) is 1.76. The molecule has 13 heavy (non-hydrogen) atoms. The Morgan fingerprint density at radius 1 is 1.38 bits per heavy atom. The molecule has 0 aromatic carbocycles. The van der Waals surface area contributed by atoms with E-state index in [9.17, 15) is 4.79 Å². The van der Waals surface area contributed by atoms with Crippen LogP contribution in [0.4, 0.5) is 0 Å². The Balaban J connectivity index is 3.45. The van der Waals surface area contributed by atoms with Crippen molar-refractivity contribution in [3.63, 3.8) is 0 Å². The lowest BCUT2D eigenvalue weighted by molar-refractivity contribution is 0.101. The van der Waals surface area contributed by atoms with Gasteiger partial charge in [0.05, 0.1) is 5.03 Å². The Kier molecular flexibility index (Phi) is 2.86. The Morgan fingerprint density at radius 2 is 1.92 bits per heavy atom. The molecule has 0 fully saturated rings. The molecule has 0 aliphatic carbocycles. The molecular weight excluding hydrogens is 182 g/mol. The van der Waals surface area contributed by atoms with E-state index in [0.717, 1.165) is 16.8 Å². The number of aromatic nitrogens is 1. The lowest BCUT2D eigenvalue weighted by Gasteiger charge is -2.01. The van der Waals surface area contributed by atoms with Gasteiger partial charge in [-0.25, -0.2) is 0 Å². The first-order valence-corrected chi connectivity index (χ1v) is 5.44. The van der Waals surface area contributed by atoms with E-state index in [0.29, 0.717) is 0 Å². The summed E-state index contributed by atoms with van der Waals surface area (Å²) in [7, 11) is 2.00. The molecule has 1 heterocycles. The normalized spacial score (nSPS) is 10.5. The molecule has 1 rings (SSSR count). The van der Waals surface area contributed by atoms with Gasteiger partial charge in [0.15, 0.2) is 5.78 Å². The van der Waals surface area contributed by atoms with E-state index in [1.165, 1.54) is 5.03 Å². The first-order chi connectivity index (χ1) is 6.00. The van der Waals surface area contributed by atoms with Gasteiger partial charge in [-0.05, 0) is 32.6 Å². The second-order valence-electron chi connectivity index (χ2n) is 3.21. The lowest BCUT2D eigenvalue weighted by atomic mass is 10.1. The summed E-state index contributed by atoms with van der Waals surface area (Å²) < 4.78 is 2.08. The van der Waals surface area contributed by atoms with Gasteiger partial charge in [-0.3, -0.25) is 4.79 Å². The van der Waals surface area contributed by atoms with Crippen LogP contribution < -0.4 is 0 Å². The largest absolute Gasteiger partial charge is 0.342 e. The smallest absolute Gasteiger partial charge is 0.161 e. The summed E-state index contributed by atoms with van der Waals surface area (Å²) in [4.78, 5) is 11.3. The van der Waals surface area contributed by atoms with E-state index in [-0.39, 0.29) is 5.78 Å². The second kappa shape index (κ2) is 3.58. The molecule has 72 valence electrons. The van der Waals surface area contributed by atoms with Crippen LogP contribution in [0.15, 0.2) is 5.03 Å². The molecule has 0 N–H and O–H groups in total. The van der Waals surface area contributed by atoms with Crippen LogP contribution >= 0.6 is 11.8 Å². The summed E-state index contributed by atoms with van der Waals surface area (Å²) in [5.41, 5.74) is 3.06. The van der Waals surface area contributed by atoms with E-state index in [2.05, 4.69) is 4.57 Å². The highest BCUT2D eigenvalue weighted by molar-refractivity contribution is 7.98. The van der Waals surface area contributed by atoms with Crippen LogP contribution in [0.3, 0.4) is 0 Å². The average Bonchev–Trinajstić information content (AvgIpc) is 2.24. The van der Waals surface area contributed by atoms with Crippen molar-refractivity contribution in [3.8, 4) is 0 Å². The van der Waals surface area contributed by atoms with Crippen molar-refractivity contribution in [2.45, 2.75) is 25.8 Å². The maximum absolute atomic E-state index is 11.3. The van der Waals surface area contributed by atoms with Crippen molar-refractivity contribution in [3.05, 3.63) is 16.8 Å². The zero-order valence-corrected chi connectivity index (χ0v) is 9.58. The van der Waals surface area contributed by atoms with Gasteiger partial charge in [0.1, 0.15) is 0 Å². The molecule has 0 aliphatic heterocycles. The summed E-state index contributed by atoms with van der Waals surface area (Å²) in [5.74, 6) is 0.158. The van der Waals surface area contributed by atoms with Gasteiger partial charge in [0, 0.05) is 18.3 Å². The number of Topliss-reactive ketones (excluding diaryl/α,β-unsaturated/α-hetero) is 1. The summed E-state index contributed by atoms with van der Waals surface area (Å²) in [6.07, 6.45) is 2.03. The average molecular weight is 197 g/mol. The van der Waals surface area contributed by atoms with E-state index >= 15 is 0 Å². The topological polar surface area (TPSA) is 22.0 Å². The molecule has 0 amide bonds. The molecule has 2 nitrogen and oxygen atoms in total. The van der Waals surface area contributed by atoms with Crippen molar-refractivity contribution >= 4 is 17.5 Å². The zero-order valence-electron chi connectivity index (χ0n) is 8.76. The zero-order chi connectivity index (χ0) is 10.2. The molecular formula is C10H15NOS. The number of rotatable bonds is 2. The molecule has 0 saturated heterocycles. The minimum Gasteiger partial charge on any atom is -0.342 e. The highest BCUT2D eigenvalue weighted by Crippen LogP contribution is 2.27. The highest BCUT2D eigenvalue weighted by Gasteiger charge is 2.16. The van der Waals surface area contributed by atoms with Gasteiger partial charge in [-0.15, -0.1) is 11.8 Å². The number of hydrogen-bond donors (Lipinski definition) is 0. The molecule has 0 radical (unpaired) electrons. The standard InChI is InChI=1S/C10H15NOS/c1-6-9(8(3)12)7(2)11(4)10(6)13-5/h1-5H3. The molecule has 1 aromatic heterocycles. The highest BCUT2D eigenvalue weighted by atomic mass is 32.2. The van der Waals surface area contributed by atoms with Crippen molar-refractivity contribution in [1.82, 2.24) is 4.57 Å². The molecule has 0 atom stereocenters. The third-order valence-electron chi connectivity index (χ3n) is 2.41. The van der Waals surface area contributed by atoms with E-state index in [4.69, 9.17) is 0 Å². The Morgan fingerprint density at radius 3 is 2.15 bits per heavy atom. The third-order valence-corrected chi connectivity index (χ3v) is 3.38. The van der Waals surface area contributed by atoms with Gasteiger partial charge in [-0.2, -0.15) is 0 Å². The number of hydrogen-bond acceptors (Lipinski definition) is 2. The number of carbonyl (C=O) groups excluding carboxylic acids is 1. The monoisotopic (exact) mass is 197 g/mol. The van der Waals surface area contributed by atoms with Crippen LogP contribution in [0.2, 0.25) is 0 Å². The molecule has 0 unspecified atom stereocenters. The first kappa shape index (κ1) is 10.4. The minimum absolute atomic E-state index is 0.158. The van der Waals surface area contributed by atoms with Crippen LogP contribution in [0.5, 0.6) is 0 Å². The van der Waals surface area contributed by atoms with Crippen LogP contribution in [-0.2, 0) is 7.05 Å². The van der Waals surface area contributed by atoms with Crippen molar-refractivity contribution in [2.24, 2.45) is 7.05 Å². The Hall–Kier alpha value is -0.700. The van der Waals surface area contributed by atoms with Crippen LogP contribution in [0.1, 0.15) is 28.5 Å². The molecule has 0 aliphatic rings. The molecule has 0 spiro atoms.